The minimum atomic E-state index is 0.0587. The minimum absolute atomic E-state index is 0.0587. The van der Waals surface area contributed by atoms with Gasteiger partial charge < -0.3 is 13.9 Å². The number of benzene rings is 1. The summed E-state index contributed by atoms with van der Waals surface area (Å²) in [6, 6.07) is 14.9. The quantitative estimate of drug-likeness (QED) is 0.627. The van der Waals surface area contributed by atoms with Gasteiger partial charge in [-0.3, -0.25) is 9.69 Å². The van der Waals surface area contributed by atoms with Crippen LogP contribution in [-0.2, 0) is 13.6 Å². The van der Waals surface area contributed by atoms with Crippen LogP contribution in [0.3, 0.4) is 0 Å². The number of likely N-dealkylation sites (tertiary alicyclic amines) is 1. The van der Waals surface area contributed by atoms with Crippen molar-refractivity contribution in [2.24, 2.45) is 7.05 Å². The van der Waals surface area contributed by atoms with E-state index >= 15 is 0 Å². The average molecular weight is 406 g/mol. The molecule has 1 aromatic carbocycles. The summed E-state index contributed by atoms with van der Waals surface area (Å²) in [6.07, 6.45) is 9.80. The van der Waals surface area contributed by atoms with E-state index in [2.05, 4.69) is 39.9 Å². The summed E-state index contributed by atoms with van der Waals surface area (Å²) >= 11 is 0. The number of aromatic nitrogens is 2. The number of fused-ring (bicyclic) bond motifs is 1. The van der Waals surface area contributed by atoms with E-state index in [4.69, 9.17) is 4.74 Å². The van der Waals surface area contributed by atoms with Crippen molar-refractivity contribution in [1.82, 2.24) is 14.0 Å². The van der Waals surface area contributed by atoms with Crippen molar-refractivity contribution in [2.75, 3.05) is 13.1 Å². The molecule has 0 spiro atoms. The number of pyridine rings is 1. The number of hydrogen-bond donors (Lipinski definition) is 0. The zero-order valence-corrected chi connectivity index (χ0v) is 17.8. The van der Waals surface area contributed by atoms with E-state index in [1.807, 2.05) is 19.2 Å². The van der Waals surface area contributed by atoms with Gasteiger partial charge in [0.25, 0.3) is 0 Å². The van der Waals surface area contributed by atoms with E-state index in [0.717, 1.165) is 43.9 Å². The van der Waals surface area contributed by atoms with Crippen LogP contribution in [0, 0.1) is 0 Å². The molecule has 1 aliphatic heterocycles. The molecule has 0 bridgehead atoms. The second-order valence-electron chi connectivity index (χ2n) is 8.86. The highest BCUT2D eigenvalue weighted by atomic mass is 16.5. The molecular formula is C25H31N3O2. The fourth-order valence-electron chi connectivity index (χ4n) is 5.12. The molecule has 5 rings (SSSR count). The highest BCUT2D eigenvalue weighted by molar-refractivity contribution is 5.86. The summed E-state index contributed by atoms with van der Waals surface area (Å²) in [5, 5.41) is 1.24. The topological polar surface area (TPSA) is 39.4 Å². The van der Waals surface area contributed by atoms with Crippen LogP contribution in [0.4, 0.5) is 0 Å². The lowest BCUT2D eigenvalue weighted by Gasteiger charge is -2.32. The maximum absolute atomic E-state index is 11.9. The smallest absolute Gasteiger partial charge is 0.250 e. The molecule has 2 aromatic heterocycles. The van der Waals surface area contributed by atoms with Crippen molar-refractivity contribution >= 4 is 10.9 Å². The van der Waals surface area contributed by atoms with Gasteiger partial charge in [0.2, 0.25) is 5.56 Å². The number of piperidine rings is 1. The van der Waals surface area contributed by atoms with Gasteiger partial charge >= 0.3 is 0 Å². The molecule has 0 amide bonds. The van der Waals surface area contributed by atoms with Gasteiger partial charge in [0.05, 0.1) is 5.52 Å². The predicted octanol–water partition coefficient (Wildman–Crippen LogP) is 4.50. The SMILES string of the molecule is Cn1c(CN2CCC(Oc3cccc4c3ccn4C3CCCC3)CC2)cccc1=O. The molecule has 158 valence electrons. The van der Waals surface area contributed by atoms with Crippen molar-refractivity contribution in [2.45, 2.75) is 57.2 Å². The van der Waals surface area contributed by atoms with E-state index in [0.29, 0.717) is 6.04 Å². The van der Waals surface area contributed by atoms with Gasteiger partial charge in [-0.25, -0.2) is 0 Å². The third kappa shape index (κ3) is 3.79. The third-order valence-electron chi connectivity index (χ3n) is 6.94. The first-order valence-electron chi connectivity index (χ1n) is 11.3. The van der Waals surface area contributed by atoms with Crippen molar-refractivity contribution in [3.05, 3.63) is 64.7 Å². The van der Waals surface area contributed by atoms with Gasteiger partial charge in [-0.05, 0) is 49.9 Å². The Morgan fingerprint density at radius 3 is 2.53 bits per heavy atom. The lowest BCUT2D eigenvalue weighted by molar-refractivity contribution is 0.0966. The minimum Gasteiger partial charge on any atom is -0.490 e. The van der Waals surface area contributed by atoms with Gasteiger partial charge in [-0.1, -0.05) is 25.0 Å². The Morgan fingerprint density at radius 1 is 0.967 bits per heavy atom. The van der Waals surface area contributed by atoms with Crippen LogP contribution in [0.1, 0.15) is 50.3 Å². The van der Waals surface area contributed by atoms with E-state index in [1.165, 1.54) is 36.6 Å². The predicted molar refractivity (Wildman–Crippen MR) is 120 cm³/mol. The van der Waals surface area contributed by atoms with Crippen molar-refractivity contribution in [1.29, 1.82) is 0 Å². The second-order valence-corrected chi connectivity index (χ2v) is 8.86. The molecule has 0 atom stereocenters. The number of hydrogen-bond acceptors (Lipinski definition) is 3. The van der Waals surface area contributed by atoms with Crippen molar-refractivity contribution in [3.63, 3.8) is 0 Å². The molecule has 2 aliphatic rings. The largest absolute Gasteiger partial charge is 0.490 e. The first-order valence-corrected chi connectivity index (χ1v) is 11.3. The molecular weight excluding hydrogens is 374 g/mol. The van der Waals surface area contributed by atoms with Crippen molar-refractivity contribution in [3.8, 4) is 5.75 Å². The Labute approximate surface area is 177 Å². The summed E-state index contributed by atoms with van der Waals surface area (Å²) in [4.78, 5) is 14.3. The highest BCUT2D eigenvalue weighted by Gasteiger charge is 2.23. The molecule has 3 heterocycles. The van der Waals surface area contributed by atoms with Crippen LogP contribution in [0.2, 0.25) is 0 Å². The Hall–Kier alpha value is -2.53. The molecule has 2 fully saturated rings. The fourth-order valence-corrected chi connectivity index (χ4v) is 5.12. The molecule has 1 aliphatic carbocycles. The standard InChI is InChI=1S/C25H31N3O2/c1-26-20(8-4-11-25(26)29)18-27-15-12-21(13-16-27)30-24-10-5-9-23-22(24)14-17-28(23)19-6-2-3-7-19/h4-5,8-11,14,17,19,21H,2-3,6-7,12-13,15-16,18H2,1H3. The zero-order valence-electron chi connectivity index (χ0n) is 17.8. The molecule has 30 heavy (non-hydrogen) atoms. The first-order chi connectivity index (χ1) is 14.7. The normalized spacial score (nSPS) is 19.0. The molecule has 0 N–H and O–H groups in total. The monoisotopic (exact) mass is 405 g/mol. The molecule has 0 unspecified atom stereocenters. The van der Waals surface area contributed by atoms with Gasteiger partial charge in [-0.15, -0.1) is 0 Å². The number of rotatable bonds is 5. The molecule has 1 saturated carbocycles. The van der Waals surface area contributed by atoms with Crippen LogP contribution in [-0.4, -0.2) is 33.2 Å². The van der Waals surface area contributed by atoms with Crippen LogP contribution < -0.4 is 10.3 Å². The third-order valence-corrected chi connectivity index (χ3v) is 6.94. The summed E-state index contributed by atoms with van der Waals surface area (Å²) < 4.78 is 10.7. The first kappa shape index (κ1) is 19.4. The highest BCUT2D eigenvalue weighted by Crippen LogP contribution is 2.36. The summed E-state index contributed by atoms with van der Waals surface area (Å²) in [5.74, 6) is 1.02. The maximum Gasteiger partial charge on any atom is 0.250 e. The number of ether oxygens (including phenoxy) is 1. The lowest BCUT2D eigenvalue weighted by atomic mass is 10.1. The van der Waals surface area contributed by atoms with E-state index in [-0.39, 0.29) is 11.7 Å². The average Bonchev–Trinajstić information content (AvgIpc) is 3.43. The lowest BCUT2D eigenvalue weighted by Crippen LogP contribution is -2.38. The van der Waals surface area contributed by atoms with Crippen LogP contribution in [0.25, 0.3) is 10.9 Å². The zero-order chi connectivity index (χ0) is 20.5. The van der Waals surface area contributed by atoms with E-state index in [9.17, 15) is 4.79 Å². The van der Waals surface area contributed by atoms with E-state index < -0.39 is 0 Å². The van der Waals surface area contributed by atoms with Gasteiger partial charge in [-0.2, -0.15) is 0 Å². The molecule has 1 saturated heterocycles. The summed E-state index contributed by atoms with van der Waals surface area (Å²) in [7, 11) is 1.85. The Kier molecular flexibility index (Phi) is 5.38. The fraction of sp³-hybridized carbons (Fsp3) is 0.480. The van der Waals surface area contributed by atoms with Crippen LogP contribution in [0.5, 0.6) is 5.75 Å². The summed E-state index contributed by atoms with van der Waals surface area (Å²) in [6.45, 7) is 2.80. The molecule has 5 nitrogen and oxygen atoms in total. The second kappa shape index (κ2) is 8.31. The number of nitrogens with zero attached hydrogens (tertiary/aromatic N) is 3. The van der Waals surface area contributed by atoms with E-state index in [1.54, 1.807) is 10.6 Å². The van der Waals surface area contributed by atoms with Gasteiger partial charge in [0, 0.05) is 56.1 Å². The molecule has 0 radical (unpaired) electrons. The Bertz CT molecular complexity index is 1070. The molecule has 5 heteroatoms. The summed E-state index contributed by atoms with van der Waals surface area (Å²) in [5.41, 5.74) is 2.44. The molecule has 3 aromatic rings. The van der Waals surface area contributed by atoms with Crippen molar-refractivity contribution < 1.29 is 4.74 Å². The Balaban J connectivity index is 1.24. The van der Waals surface area contributed by atoms with Gasteiger partial charge in [0.15, 0.2) is 0 Å². The van der Waals surface area contributed by atoms with Crippen LogP contribution >= 0.6 is 0 Å². The Morgan fingerprint density at radius 2 is 1.73 bits per heavy atom. The van der Waals surface area contributed by atoms with Gasteiger partial charge in [0.1, 0.15) is 11.9 Å². The van der Waals surface area contributed by atoms with Crippen LogP contribution in [0.15, 0.2) is 53.5 Å². The maximum atomic E-state index is 11.9.